The molecule has 2 aliphatic heterocycles. The highest BCUT2D eigenvalue weighted by Gasteiger charge is 2.25. The van der Waals surface area contributed by atoms with Gasteiger partial charge >= 0.3 is 0 Å². The second kappa shape index (κ2) is 7.99. The Morgan fingerprint density at radius 3 is 2.85 bits per heavy atom. The smallest absolute Gasteiger partial charge is 0.229 e. The first-order valence-electron chi connectivity index (χ1n) is 9.05. The van der Waals surface area contributed by atoms with Gasteiger partial charge in [0.25, 0.3) is 0 Å². The van der Waals surface area contributed by atoms with Gasteiger partial charge in [-0.3, -0.25) is 9.69 Å². The van der Waals surface area contributed by atoms with Gasteiger partial charge in [-0.25, -0.2) is 4.98 Å². The normalized spacial score (nSPS) is 17.3. The highest BCUT2D eigenvalue weighted by atomic mass is 32.1. The van der Waals surface area contributed by atoms with Crippen LogP contribution >= 0.6 is 11.3 Å². The van der Waals surface area contributed by atoms with Crippen LogP contribution in [-0.2, 0) is 4.79 Å². The summed E-state index contributed by atoms with van der Waals surface area (Å²) in [6, 6.07) is 5.77. The highest BCUT2D eigenvalue weighted by molar-refractivity contribution is 7.14. The minimum Gasteiger partial charge on any atom is -0.486 e. The molecule has 1 aromatic carbocycles. The maximum Gasteiger partial charge on any atom is 0.229 e. The van der Waals surface area contributed by atoms with E-state index in [-0.39, 0.29) is 11.8 Å². The zero-order valence-electron chi connectivity index (χ0n) is 14.9. The van der Waals surface area contributed by atoms with E-state index >= 15 is 0 Å². The minimum absolute atomic E-state index is 0.0145. The third kappa shape index (κ3) is 4.07. The summed E-state index contributed by atoms with van der Waals surface area (Å²) < 4.78 is 11.2. The molecule has 27 heavy (non-hydrogen) atoms. The molecule has 1 fully saturated rings. The van der Waals surface area contributed by atoms with Crippen LogP contribution in [0.5, 0.6) is 11.5 Å². The number of hydrogen-bond donors (Lipinski definition) is 1. The SMILES string of the molecule is C#CCN1CCC(C(=O)Nc2nc(-c3ccc4c(c3)OCCO4)cs2)CC1. The molecule has 7 heteroatoms. The number of thiazole rings is 1. The lowest BCUT2D eigenvalue weighted by Crippen LogP contribution is -2.38. The Balaban J connectivity index is 1.38. The number of fused-ring (bicyclic) bond motifs is 1. The van der Waals surface area contributed by atoms with Crippen molar-refractivity contribution in [2.24, 2.45) is 5.92 Å². The molecule has 0 radical (unpaired) electrons. The van der Waals surface area contributed by atoms with E-state index in [9.17, 15) is 4.79 Å². The molecular formula is C20H21N3O3S. The van der Waals surface area contributed by atoms with E-state index in [4.69, 9.17) is 15.9 Å². The molecule has 2 aliphatic rings. The van der Waals surface area contributed by atoms with Crippen molar-refractivity contribution in [1.82, 2.24) is 9.88 Å². The number of aromatic nitrogens is 1. The second-order valence-corrected chi connectivity index (χ2v) is 7.50. The van der Waals surface area contributed by atoms with E-state index in [0.717, 1.165) is 48.7 Å². The first-order valence-corrected chi connectivity index (χ1v) is 9.93. The van der Waals surface area contributed by atoms with E-state index in [0.29, 0.717) is 24.9 Å². The van der Waals surface area contributed by atoms with Gasteiger partial charge in [-0.15, -0.1) is 17.8 Å². The molecule has 1 N–H and O–H groups in total. The second-order valence-electron chi connectivity index (χ2n) is 6.64. The van der Waals surface area contributed by atoms with Crippen molar-refractivity contribution in [1.29, 1.82) is 0 Å². The summed E-state index contributed by atoms with van der Waals surface area (Å²) in [6.45, 7) is 3.50. The van der Waals surface area contributed by atoms with Gasteiger partial charge in [-0.2, -0.15) is 0 Å². The molecule has 0 unspecified atom stereocenters. The maximum absolute atomic E-state index is 12.5. The number of rotatable bonds is 4. The number of amides is 1. The van der Waals surface area contributed by atoms with Gasteiger partial charge in [0, 0.05) is 16.9 Å². The largest absolute Gasteiger partial charge is 0.486 e. The third-order valence-corrected chi connectivity index (χ3v) is 5.60. The summed E-state index contributed by atoms with van der Waals surface area (Å²) in [6.07, 6.45) is 7.01. The number of piperidine rings is 1. The minimum atomic E-state index is 0.0145. The summed E-state index contributed by atoms with van der Waals surface area (Å²) in [4.78, 5) is 19.3. The van der Waals surface area contributed by atoms with Gasteiger partial charge in [-0.1, -0.05) is 5.92 Å². The van der Waals surface area contributed by atoms with Gasteiger partial charge in [0.05, 0.1) is 12.2 Å². The molecule has 3 heterocycles. The van der Waals surface area contributed by atoms with Crippen molar-refractivity contribution < 1.29 is 14.3 Å². The quantitative estimate of drug-likeness (QED) is 0.823. The van der Waals surface area contributed by atoms with Crippen LogP contribution < -0.4 is 14.8 Å². The average molecular weight is 383 g/mol. The van der Waals surface area contributed by atoms with E-state index in [2.05, 4.69) is 21.1 Å². The molecular weight excluding hydrogens is 362 g/mol. The summed E-state index contributed by atoms with van der Waals surface area (Å²) in [5.74, 6) is 4.20. The van der Waals surface area contributed by atoms with Crippen LogP contribution in [-0.4, -0.2) is 48.6 Å². The Morgan fingerprint density at radius 1 is 1.30 bits per heavy atom. The number of benzene rings is 1. The van der Waals surface area contributed by atoms with Crippen LogP contribution in [0.15, 0.2) is 23.6 Å². The molecule has 1 amide bonds. The number of carbonyl (C=O) groups excluding carboxylic acids is 1. The number of nitrogens with zero attached hydrogens (tertiary/aromatic N) is 2. The predicted molar refractivity (Wildman–Crippen MR) is 105 cm³/mol. The van der Waals surface area contributed by atoms with Crippen LogP contribution in [0.3, 0.4) is 0 Å². The number of carbonyl (C=O) groups is 1. The topological polar surface area (TPSA) is 63.7 Å². The highest BCUT2D eigenvalue weighted by Crippen LogP contribution is 2.35. The monoisotopic (exact) mass is 383 g/mol. The zero-order valence-corrected chi connectivity index (χ0v) is 15.8. The molecule has 0 atom stereocenters. The molecule has 0 aliphatic carbocycles. The Bertz CT molecular complexity index is 866. The summed E-state index contributed by atoms with van der Waals surface area (Å²) in [7, 11) is 0. The van der Waals surface area contributed by atoms with Crippen LogP contribution in [0, 0.1) is 18.3 Å². The molecule has 0 spiro atoms. The maximum atomic E-state index is 12.5. The molecule has 2 aromatic rings. The fourth-order valence-corrected chi connectivity index (χ4v) is 4.08. The molecule has 6 nitrogen and oxygen atoms in total. The summed E-state index contributed by atoms with van der Waals surface area (Å²) in [5, 5.41) is 5.53. The fourth-order valence-electron chi connectivity index (χ4n) is 3.36. The van der Waals surface area contributed by atoms with Crippen LogP contribution in [0.2, 0.25) is 0 Å². The zero-order chi connectivity index (χ0) is 18.6. The lowest BCUT2D eigenvalue weighted by atomic mass is 9.96. The van der Waals surface area contributed by atoms with Crippen molar-refractivity contribution in [2.75, 3.05) is 38.2 Å². The van der Waals surface area contributed by atoms with E-state index in [1.165, 1.54) is 11.3 Å². The van der Waals surface area contributed by atoms with Gasteiger partial charge in [0.1, 0.15) is 13.2 Å². The fraction of sp³-hybridized carbons (Fsp3) is 0.400. The molecule has 140 valence electrons. The van der Waals surface area contributed by atoms with E-state index in [1.807, 2.05) is 23.6 Å². The Morgan fingerprint density at radius 2 is 2.07 bits per heavy atom. The number of hydrogen-bond acceptors (Lipinski definition) is 6. The Kier molecular flexibility index (Phi) is 5.28. The number of terminal acetylenes is 1. The molecule has 1 saturated heterocycles. The molecule has 0 bridgehead atoms. The molecule has 0 saturated carbocycles. The first kappa shape index (κ1) is 17.8. The number of nitrogens with one attached hydrogen (secondary N) is 1. The van der Waals surface area contributed by atoms with Crippen molar-refractivity contribution in [3.63, 3.8) is 0 Å². The first-order chi connectivity index (χ1) is 13.2. The standard InChI is InChI=1S/C20H21N3O3S/c1-2-7-23-8-5-14(6-9-23)19(24)22-20-21-16(13-27-20)15-3-4-17-18(12-15)26-11-10-25-17/h1,3-4,12-14H,5-11H2,(H,21,22,24). The van der Waals surface area contributed by atoms with Gasteiger partial charge in [0.2, 0.25) is 5.91 Å². The average Bonchev–Trinajstić information content (AvgIpc) is 3.17. The summed E-state index contributed by atoms with van der Waals surface area (Å²) in [5.41, 5.74) is 1.76. The number of ether oxygens (including phenoxy) is 2. The van der Waals surface area contributed by atoms with E-state index in [1.54, 1.807) is 0 Å². The van der Waals surface area contributed by atoms with Crippen LogP contribution in [0.4, 0.5) is 5.13 Å². The van der Waals surface area contributed by atoms with Gasteiger partial charge in [0.15, 0.2) is 16.6 Å². The van der Waals surface area contributed by atoms with Crippen LogP contribution in [0.1, 0.15) is 12.8 Å². The van der Waals surface area contributed by atoms with Gasteiger partial charge in [-0.05, 0) is 44.1 Å². The molecule has 1 aromatic heterocycles. The summed E-state index contributed by atoms with van der Waals surface area (Å²) >= 11 is 1.43. The number of likely N-dealkylation sites (tertiary alicyclic amines) is 1. The Labute approximate surface area is 162 Å². The third-order valence-electron chi connectivity index (χ3n) is 4.85. The molecule has 4 rings (SSSR count). The lowest BCUT2D eigenvalue weighted by molar-refractivity contribution is -0.121. The lowest BCUT2D eigenvalue weighted by Gasteiger charge is -2.29. The van der Waals surface area contributed by atoms with E-state index < -0.39 is 0 Å². The van der Waals surface area contributed by atoms with Crippen molar-refractivity contribution in [2.45, 2.75) is 12.8 Å². The van der Waals surface area contributed by atoms with Crippen molar-refractivity contribution in [3.8, 4) is 35.1 Å². The van der Waals surface area contributed by atoms with Gasteiger partial charge < -0.3 is 14.8 Å². The van der Waals surface area contributed by atoms with Crippen LogP contribution in [0.25, 0.3) is 11.3 Å². The number of anilines is 1. The van der Waals surface area contributed by atoms with Crippen molar-refractivity contribution >= 4 is 22.4 Å². The Hall–Kier alpha value is -2.56. The van der Waals surface area contributed by atoms with Crippen molar-refractivity contribution in [3.05, 3.63) is 23.6 Å². The predicted octanol–water partition coefficient (Wildman–Crippen LogP) is 2.87.